The van der Waals surface area contributed by atoms with Crippen molar-refractivity contribution in [2.24, 2.45) is 10.8 Å². The van der Waals surface area contributed by atoms with Gasteiger partial charge >= 0.3 is 17.9 Å². The van der Waals surface area contributed by atoms with Crippen LogP contribution in [0.2, 0.25) is 0 Å². The summed E-state index contributed by atoms with van der Waals surface area (Å²) >= 11 is 0. The van der Waals surface area contributed by atoms with E-state index < -0.39 is 23.3 Å². The van der Waals surface area contributed by atoms with Crippen LogP contribution < -0.4 is 0 Å². The summed E-state index contributed by atoms with van der Waals surface area (Å²) in [6.45, 7) is -0.173. The van der Waals surface area contributed by atoms with Gasteiger partial charge in [0.15, 0.2) is 0 Å². The largest absolute Gasteiger partial charge is 0.481 e. The molecule has 0 radical (unpaired) electrons. The molecule has 0 aliphatic rings. The number of aliphatic hydroxyl groups is 3. The molecule has 0 atom stereocenters. The molecule has 0 amide bonds. The highest BCUT2D eigenvalue weighted by molar-refractivity contribution is 5.67. The van der Waals surface area contributed by atoms with Crippen molar-refractivity contribution < 1.29 is 45.0 Å². The van der Waals surface area contributed by atoms with Crippen LogP contribution in [0.4, 0.5) is 0 Å². The molecule has 0 aliphatic heterocycles. The normalized spacial score (nSPS) is 13.1. The average Bonchev–Trinajstić information content (AvgIpc) is 3.33. The molecule has 69 heavy (non-hydrogen) atoms. The molecule has 0 aromatic heterocycles. The van der Waals surface area contributed by atoms with Crippen LogP contribution in [0.15, 0.2) is 36.5 Å². The third-order valence-electron chi connectivity index (χ3n) is 14.9. The molecule has 9 nitrogen and oxygen atoms in total. The van der Waals surface area contributed by atoms with Crippen molar-refractivity contribution in [3.8, 4) is 0 Å². The zero-order valence-electron chi connectivity index (χ0n) is 44.5. The van der Waals surface area contributed by atoms with Crippen molar-refractivity contribution in [1.29, 1.82) is 0 Å². The third-order valence-corrected chi connectivity index (χ3v) is 14.9. The molecule has 0 bridgehead atoms. The van der Waals surface area contributed by atoms with E-state index in [-0.39, 0.29) is 44.5 Å². The van der Waals surface area contributed by atoms with E-state index in [4.69, 9.17) is 15.3 Å². The Balaban J connectivity index is 4.98. The zero-order chi connectivity index (χ0) is 50.6. The first-order valence-corrected chi connectivity index (χ1v) is 29.1. The van der Waals surface area contributed by atoms with E-state index in [1.807, 2.05) is 0 Å². The summed E-state index contributed by atoms with van der Waals surface area (Å²) in [7, 11) is 0. The van der Waals surface area contributed by atoms with Crippen LogP contribution in [0.5, 0.6) is 0 Å². The number of hydrogen-bond donors (Lipinski definition) is 6. The molecule has 0 rings (SSSR count). The molecular formula is C60H110O9. The lowest BCUT2D eigenvalue weighted by Crippen LogP contribution is -2.48. The highest BCUT2D eigenvalue weighted by atomic mass is 16.4. The maximum Gasteiger partial charge on any atom is 0.303 e. The number of carbonyl (C=O) groups is 3. The second-order valence-electron chi connectivity index (χ2n) is 20.8. The van der Waals surface area contributed by atoms with Gasteiger partial charge in [0.05, 0.1) is 13.2 Å². The van der Waals surface area contributed by atoms with Gasteiger partial charge < -0.3 is 30.6 Å². The zero-order valence-corrected chi connectivity index (χ0v) is 44.5. The van der Waals surface area contributed by atoms with Gasteiger partial charge in [0, 0.05) is 31.3 Å². The number of unbranched alkanes of at least 4 members (excludes halogenated alkanes) is 33. The fourth-order valence-corrected chi connectivity index (χ4v) is 10.4. The Morgan fingerprint density at radius 3 is 0.667 bits per heavy atom. The Labute approximate surface area is 423 Å². The van der Waals surface area contributed by atoms with Gasteiger partial charge in [-0.1, -0.05) is 191 Å². The van der Waals surface area contributed by atoms with Gasteiger partial charge in [0.2, 0.25) is 0 Å². The molecule has 0 heterocycles. The molecule has 0 aromatic carbocycles. The fraction of sp³-hybridized carbons (Fsp3) is 0.850. The maximum atomic E-state index is 11.1. The first kappa shape index (κ1) is 66.5. The highest BCUT2D eigenvalue weighted by Gasteiger charge is 2.48. The molecule has 0 fully saturated rings. The van der Waals surface area contributed by atoms with Crippen LogP contribution in [-0.4, -0.2) is 68.4 Å². The predicted octanol–water partition coefficient (Wildman–Crippen LogP) is 16.8. The van der Waals surface area contributed by atoms with E-state index >= 15 is 0 Å². The number of allylic oxidation sites excluding steroid dienone is 6. The molecule has 0 saturated carbocycles. The van der Waals surface area contributed by atoms with Gasteiger partial charge in [-0.25, -0.2) is 0 Å². The first-order valence-electron chi connectivity index (χ1n) is 29.1. The van der Waals surface area contributed by atoms with E-state index in [0.29, 0.717) is 6.42 Å². The Kier molecular flexibility index (Phi) is 48.6. The summed E-state index contributed by atoms with van der Waals surface area (Å²) in [4.78, 5) is 32.0. The number of hydrogen-bond acceptors (Lipinski definition) is 6. The van der Waals surface area contributed by atoms with Crippen molar-refractivity contribution in [3.63, 3.8) is 0 Å². The van der Waals surface area contributed by atoms with Crippen molar-refractivity contribution in [3.05, 3.63) is 36.5 Å². The second kappa shape index (κ2) is 50.5. The van der Waals surface area contributed by atoms with Crippen molar-refractivity contribution in [2.75, 3.05) is 19.8 Å². The maximum absolute atomic E-state index is 11.1. The van der Waals surface area contributed by atoms with Gasteiger partial charge in [-0.05, 0) is 127 Å². The number of carboxylic acid groups (broad SMARTS) is 3. The lowest BCUT2D eigenvalue weighted by atomic mass is 9.55. The van der Waals surface area contributed by atoms with Crippen LogP contribution in [0.1, 0.15) is 295 Å². The Hall–Kier alpha value is -2.49. The van der Waals surface area contributed by atoms with E-state index in [9.17, 15) is 29.7 Å². The molecule has 0 saturated heterocycles. The Morgan fingerprint density at radius 2 is 0.464 bits per heavy atom. The Bertz CT molecular complexity index is 1110. The molecule has 0 unspecified atom stereocenters. The minimum absolute atomic E-state index is 0.0159. The van der Waals surface area contributed by atoms with Crippen LogP contribution in [-0.2, 0) is 14.4 Å². The number of rotatable bonds is 56. The van der Waals surface area contributed by atoms with E-state index in [1.165, 1.54) is 135 Å². The number of carboxylic acids is 3. The summed E-state index contributed by atoms with van der Waals surface area (Å²) in [5.41, 5.74) is -0.858. The molecule has 0 spiro atoms. The minimum atomic E-state index is -0.693. The molecular weight excluding hydrogens is 865 g/mol. The highest BCUT2D eigenvalue weighted by Crippen LogP contribution is 2.53. The van der Waals surface area contributed by atoms with Crippen molar-refractivity contribution in [2.45, 2.75) is 295 Å². The van der Waals surface area contributed by atoms with Gasteiger partial charge in [0.25, 0.3) is 0 Å². The topological polar surface area (TPSA) is 173 Å². The number of aliphatic carboxylic acids is 3. The van der Waals surface area contributed by atoms with Crippen molar-refractivity contribution in [1.82, 2.24) is 0 Å². The smallest absolute Gasteiger partial charge is 0.303 e. The van der Waals surface area contributed by atoms with Crippen LogP contribution in [0, 0.1) is 10.8 Å². The SMILES string of the molecule is O=C(O)CCCCCCCC=CCCCCCCCCC(CCCCCCCCC=CCCCCCCCC(=O)O)(CCCCCCCCC=CCCCCCCCC(=O)O)C(CO)(CO)CCO. The second-order valence-corrected chi connectivity index (χ2v) is 20.8. The summed E-state index contributed by atoms with van der Waals surface area (Å²) in [6, 6.07) is 0. The van der Waals surface area contributed by atoms with Crippen molar-refractivity contribution >= 4 is 17.9 Å². The minimum Gasteiger partial charge on any atom is -0.481 e. The van der Waals surface area contributed by atoms with Gasteiger partial charge in [0.1, 0.15) is 0 Å². The quantitative estimate of drug-likeness (QED) is 0.0256. The predicted molar refractivity (Wildman–Crippen MR) is 289 cm³/mol. The summed E-state index contributed by atoms with van der Waals surface area (Å²) < 4.78 is 0. The van der Waals surface area contributed by atoms with Crippen LogP contribution in [0.25, 0.3) is 0 Å². The van der Waals surface area contributed by atoms with Crippen LogP contribution >= 0.6 is 0 Å². The molecule has 0 aromatic rings. The molecule has 0 aliphatic carbocycles. The number of aliphatic hydroxyl groups excluding tert-OH is 3. The molecule has 404 valence electrons. The Morgan fingerprint density at radius 1 is 0.261 bits per heavy atom. The standard InChI is InChI=1S/C60H110O9/c61-53-52-60(54-62,55-63)59(49-43-37-31-25-19-13-7-1-4-10-16-22-28-34-40-46-56(64)65,50-44-38-32-26-20-14-8-2-5-11-17-23-29-35-41-47-57(66)67)51-45-39-33-27-21-15-9-3-6-12-18-24-30-36-42-48-58(68)69/h1-6,61-63H,7-55H2,(H,64,65)(H,66,67)(H,68,69). The van der Waals surface area contributed by atoms with Crippen LogP contribution in [0.3, 0.4) is 0 Å². The van der Waals surface area contributed by atoms with Gasteiger partial charge in [-0.2, -0.15) is 0 Å². The van der Waals surface area contributed by atoms with Gasteiger partial charge in [-0.15, -0.1) is 0 Å². The van der Waals surface area contributed by atoms with E-state index in [2.05, 4.69) is 36.5 Å². The van der Waals surface area contributed by atoms with Gasteiger partial charge in [-0.3, -0.25) is 14.4 Å². The summed E-state index contributed by atoms with van der Waals surface area (Å²) in [5, 5.41) is 58.7. The summed E-state index contributed by atoms with van der Waals surface area (Å²) in [6.07, 6.45) is 62.4. The summed E-state index contributed by atoms with van der Waals surface area (Å²) in [5.74, 6) is -2.08. The van der Waals surface area contributed by atoms with E-state index in [1.54, 1.807) is 0 Å². The fourth-order valence-electron chi connectivity index (χ4n) is 10.4. The lowest BCUT2D eigenvalue weighted by Gasteiger charge is -2.50. The third kappa shape index (κ3) is 41.8. The average molecular weight is 976 g/mol. The molecule has 6 N–H and O–H groups in total. The first-order chi connectivity index (χ1) is 33.7. The monoisotopic (exact) mass is 975 g/mol. The van der Waals surface area contributed by atoms with E-state index in [0.717, 1.165) is 135 Å². The lowest BCUT2D eigenvalue weighted by molar-refractivity contribution is -0.138. The molecule has 9 heteroatoms.